The zero-order valence-corrected chi connectivity index (χ0v) is 7.66. The van der Waals surface area contributed by atoms with Gasteiger partial charge in [-0.05, 0) is 31.6 Å². The Kier molecular flexibility index (Phi) is 2.77. The third-order valence-corrected chi connectivity index (χ3v) is 3.36. The van der Waals surface area contributed by atoms with Gasteiger partial charge in [-0.1, -0.05) is 0 Å². The van der Waals surface area contributed by atoms with Crippen molar-refractivity contribution in [2.45, 2.75) is 24.5 Å². The van der Waals surface area contributed by atoms with Crippen LogP contribution in [0, 0.1) is 0 Å². The molecule has 1 unspecified atom stereocenters. The van der Waals surface area contributed by atoms with Gasteiger partial charge in [0.1, 0.15) is 0 Å². The van der Waals surface area contributed by atoms with Gasteiger partial charge >= 0.3 is 5.97 Å². The Balaban J connectivity index is 2.70. The van der Waals surface area contributed by atoms with E-state index in [-0.39, 0.29) is 4.75 Å². The molecule has 1 heterocycles. The van der Waals surface area contributed by atoms with E-state index in [9.17, 15) is 9.18 Å². The van der Waals surface area contributed by atoms with Crippen molar-refractivity contribution in [2.75, 3.05) is 5.75 Å². The molecule has 0 aliphatic carbocycles. The highest BCUT2D eigenvalue weighted by atomic mass is 32.2. The van der Waals surface area contributed by atoms with E-state index in [1.54, 1.807) is 11.8 Å². The molecule has 0 aromatic heterocycles. The van der Waals surface area contributed by atoms with Crippen LogP contribution in [-0.4, -0.2) is 21.6 Å². The first kappa shape index (κ1) is 9.58. The Morgan fingerprint density at radius 1 is 1.75 bits per heavy atom. The predicted molar refractivity (Wildman–Crippen MR) is 46.9 cm³/mol. The van der Waals surface area contributed by atoms with Gasteiger partial charge in [-0.25, -0.2) is 4.79 Å². The van der Waals surface area contributed by atoms with Gasteiger partial charge in [-0.2, -0.15) is 16.2 Å². The number of carboxylic acids is 1. The maximum absolute atomic E-state index is 12.7. The first-order valence-electron chi connectivity index (χ1n) is 3.79. The normalized spacial score (nSPS) is 30.7. The molecule has 1 fully saturated rings. The fraction of sp³-hybridized carbons (Fsp3) is 0.625. The molecule has 0 radical (unpaired) electrons. The van der Waals surface area contributed by atoms with E-state index in [1.165, 1.54) is 6.08 Å². The van der Waals surface area contributed by atoms with E-state index in [0.717, 1.165) is 18.6 Å². The summed E-state index contributed by atoms with van der Waals surface area (Å²) in [5.41, 5.74) is 0. The SMILES string of the molecule is CC1(/C=C(/F)C(=O)O)CCCS1. The Hall–Kier alpha value is -0.510. The van der Waals surface area contributed by atoms with E-state index in [2.05, 4.69) is 0 Å². The maximum Gasteiger partial charge on any atom is 0.364 e. The van der Waals surface area contributed by atoms with Gasteiger partial charge < -0.3 is 5.11 Å². The van der Waals surface area contributed by atoms with E-state index in [1.807, 2.05) is 6.92 Å². The molecule has 68 valence electrons. The summed E-state index contributed by atoms with van der Waals surface area (Å²) in [5.74, 6) is -1.52. The van der Waals surface area contributed by atoms with Gasteiger partial charge in [-0.3, -0.25) is 0 Å². The molecular formula is C8H11FO2S. The van der Waals surface area contributed by atoms with Crippen LogP contribution in [0.1, 0.15) is 19.8 Å². The van der Waals surface area contributed by atoms with Crippen molar-refractivity contribution in [3.8, 4) is 0 Å². The molecule has 12 heavy (non-hydrogen) atoms. The first-order valence-corrected chi connectivity index (χ1v) is 4.78. The zero-order chi connectivity index (χ0) is 9.19. The molecule has 0 amide bonds. The van der Waals surface area contributed by atoms with Crippen molar-refractivity contribution < 1.29 is 14.3 Å². The van der Waals surface area contributed by atoms with Gasteiger partial charge in [-0.15, -0.1) is 0 Å². The third-order valence-electron chi connectivity index (χ3n) is 1.89. The number of aliphatic carboxylic acids is 1. The average Bonchev–Trinajstić information content (AvgIpc) is 2.35. The van der Waals surface area contributed by atoms with Crippen molar-refractivity contribution in [3.05, 3.63) is 11.9 Å². The van der Waals surface area contributed by atoms with Crippen LogP contribution in [0.3, 0.4) is 0 Å². The lowest BCUT2D eigenvalue weighted by molar-refractivity contribution is -0.134. The quantitative estimate of drug-likeness (QED) is 0.678. The molecule has 2 nitrogen and oxygen atoms in total. The fourth-order valence-corrected chi connectivity index (χ4v) is 2.47. The van der Waals surface area contributed by atoms with Crippen molar-refractivity contribution in [3.63, 3.8) is 0 Å². The molecule has 1 aliphatic rings. The second kappa shape index (κ2) is 3.47. The highest BCUT2D eigenvalue weighted by molar-refractivity contribution is 8.01. The molecular weight excluding hydrogens is 179 g/mol. The van der Waals surface area contributed by atoms with Crippen molar-refractivity contribution in [1.29, 1.82) is 0 Å². The highest BCUT2D eigenvalue weighted by Crippen LogP contribution is 2.39. The molecule has 1 atom stereocenters. The Morgan fingerprint density at radius 2 is 2.42 bits per heavy atom. The van der Waals surface area contributed by atoms with Crippen molar-refractivity contribution in [1.82, 2.24) is 0 Å². The predicted octanol–water partition coefficient (Wildman–Crippen LogP) is 2.21. The summed E-state index contributed by atoms with van der Waals surface area (Å²) in [4.78, 5) is 10.2. The van der Waals surface area contributed by atoms with E-state index >= 15 is 0 Å². The number of rotatable bonds is 2. The number of halogens is 1. The van der Waals surface area contributed by atoms with Crippen LogP contribution < -0.4 is 0 Å². The maximum atomic E-state index is 12.7. The minimum absolute atomic E-state index is 0.303. The van der Waals surface area contributed by atoms with Gasteiger partial charge in [0.2, 0.25) is 5.83 Å². The number of thioether (sulfide) groups is 1. The smallest absolute Gasteiger partial charge is 0.364 e. The molecule has 1 N–H and O–H groups in total. The summed E-state index contributed by atoms with van der Waals surface area (Å²) in [6.45, 7) is 1.87. The fourth-order valence-electron chi connectivity index (χ4n) is 1.24. The third kappa shape index (κ3) is 2.24. The number of hydrogen-bond acceptors (Lipinski definition) is 2. The minimum atomic E-state index is -1.47. The lowest BCUT2D eigenvalue weighted by atomic mass is 10.1. The summed E-state index contributed by atoms with van der Waals surface area (Å²) in [6.07, 6.45) is 3.11. The molecule has 0 aromatic rings. The van der Waals surface area contributed by atoms with Crippen LogP contribution in [0.2, 0.25) is 0 Å². The van der Waals surface area contributed by atoms with Crippen molar-refractivity contribution in [2.24, 2.45) is 0 Å². The molecule has 4 heteroatoms. The number of carbonyl (C=O) groups is 1. The van der Waals surface area contributed by atoms with Crippen LogP contribution in [0.4, 0.5) is 4.39 Å². The van der Waals surface area contributed by atoms with E-state index < -0.39 is 11.8 Å². The Morgan fingerprint density at radius 3 is 2.83 bits per heavy atom. The highest BCUT2D eigenvalue weighted by Gasteiger charge is 2.28. The summed E-state index contributed by atoms with van der Waals surface area (Å²) >= 11 is 1.61. The monoisotopic (exact) mass is 190 g/mol. The van der Waals surface area contributed by atoms with Gasteiger partial charge in [0.25, 0.3) is 0 Å². The summed E-state index contributed by atoms with van der Waals surface area (Å²) < 4.78 is 12.4. The van der Waals surface area contributed by atoms with Crippen molar-refractivity contribution >= 4 is 17.7 Å². The topological polar surface area (TPSA) is 37.3 Å². The van der Waals surface area contributed by atoms with Crippen LogP contribution in [-0.2, 0) is 4.79 Å². The number of hydrogen-bond donors (Lipinski definition) is 1. The van der Waals surface area contributed by atoms with Crippen LogP contribution in [0.15, 0.2) is 11.9 Å². The standard InChI is InChI=1S/C8H11FO2S/c1-8(3-2-4-12-8)5-6(9)7(10)11/h5H,2-4H2,1H3,(H,10,11)/b6-5+. The van der Waals surface area contributed by atoms with E-state index in [4.69, 9.17) is 5.11 Å². The molecule has 1 aliphatic heterocycles. The first-order chi connectivity index (χ1) is 5.53. The minimum Gasteiger partial charge on any atom is -0.476 e. The van der Waals surface area contributed by atoms with Gasteiger partial charge in [0, 0.05) is 4.75 Å². The molecule has 1 rings (SSSR count). The molecule has 0 spiro atoms. The lowest BCUT2D eigenvalue weighted by Gasteiger charge is -2.16. The van der Waals surface area contributed by atoms with Crippen LogP contribution in [0.25, 0.3) is 0 Å². The van der Waals surface area contributed by atoms with Crippen LogP contribution >= 0.6 is 11.8 Å². The molecule has 0 aromatic carbocycles. The summed E-state index contributed by atoms with van der Waals surface area (Å²) in [5, 5.41) is 8.30. The largest absolute Gasteiger partial charge is 0.476 e. The Bertz CT molecular complexity index is 219. The molecule has 0 saturated carbocycles. The van der Waals surface area contributed by atoms with Gasteiger partial charge in [0.05, 0.1) is 0 Å². The Labute approximate surface area is 74.8 Å². The second-order valence-electron chi connectivity index (χ2n) is 3.06. The molecule has 1 saturated heterocycles. The summed E-state index contributed by atoms with van der Waals surface area (Å²) in [7, 11) is 0. The van der Waals surface area contributed by atoms with E-state index in [0.29, 0.717) is 0 Å². The van der Waals surface area contributed by atoms with Gasteiger partial charge in [0.15, 0.2) is 0 Å². The molecule has 0 bridgehead atoms. The average molecular weight is 190 g/mol. The second-order valence-corrected chi connectivity index (χ2v) is 4.69. The van der Waals surface area contributed by atoms with Crippen LogP contribution in [0.5, 0.6) is 0 Å². The number of carboxylic acid groups (broad SMARTS) is 1. The summed E-state index contributed by atoms with van der Waals surface area (Å²) in [6, 6.07) is 0. The zero-order valence-electron chi connectivity index (χ0n) is 6.84. The lowest BCUT2D eigenvalue weighted by Crippen LogP contribution is -2.13.